The van der Waals surface area contributed by atoms with Crippen molar-refractivity contribution in [2.24, 2.45) is 0 Å². The first-order chi connectivity index (χ1) is 4.43. The molecule has 0 aliphatic carbocycles. The Hall–Kier alpha value is -0.0900. The van der Waals surface area contributed by atoms with Crippen LogP contribution in [0.4, 0.5) is 0 Å². The maximum atomic E-state index is 10.9. The Bertz CT molecular complexity index is 220. The normalized spacial score (nSPS) is 32.8. The minimum atomic E-state index is -2.80. The van der Waals surface area contributed by atoms with E-state index in [0.717, 1.165) is 6.54 Å². The SMILES string of the molecule is CC(C)N1CC1S(C)(=O)=O. The van der Waals surface area contributed by atoms with Crippen molar-refractivity contribution >= 4 is 9.84 Å². The monoisotopic (exact) mass is 163 g/mol. The molecule has 1 aliphatic heterocycles. The van der Waals surface area contributed by atoms with Crippen LogP contribution in [0.15, 0.2) is 0 Å². The quantitative estimate of drug-likeness (QED) is 0.541. The van der Waals surface area contributed by atoms with Crippen LogP contribution in [0.2, 0.25) is 0 Å². The average Bonchev–Trinajstić information content (AvgIpc) is 2.35. The molecule has 0 radical (unpaired) electrons. The highest BCUT2D eigenvalue weighted by Crippen LogP contribution is 2.24. The molecular weight excluding hydrogens is 150 g/mol. The van der Waals surface area contributed by atoms with Gasteiger partial charge in [0, 0.05) is 18.8 Å². The molecule has 10 heavy (non-hydrogen) atoms. The Morgan fingerprint density at radius 3 is 2.10 bits per heavy atom. The molecule has 0 bridgehead atoms. The second-order valence-corrected chi connectivity index (χ2v) is 5.28. The van der Waals surface area contributed by atoms with Gasteiger partial charge in [-0.1, -0.05) is 0 Å². The molecule has 1 rings (SSSR count). The van der Waals surface area contributed by atoms with Gasteiger partial charge in [-0.05, 0) is 13.8 Å². The third kappa shape index (κ3) is 1.49. The first kappa shape index (κ1) is 8.01. The van der Waals surface area contributed by atoms with Crippen molar-refractivity contribution in [3.05, 3.63) is 0 Å². The van der Waals surface area contributed by atoms with Crippen LogP contribution >= 0.6 is 0 Å². The third-order valence-electron chi connectivity index (χ3n) is 1.76. The summed E-state index contributed by atoms with van der Waals surface area (Å²) in [4.78, 5) is 1.95. The summed E-state index contributed by atoms with van der Waals surface area (Å²) < 4.78 is 21.7. The molecule has 2 atom stereocenters. The first-order valence-corrected chi connectivity index (χ1v) is 5.33. The summed E-state index contributed by atoms with van der Waals surface area (Å²) in [5, 5.41) is -0.188. The van der Waals surface area contributed by atoms with Crippen LogP contribution in [0, 0.1) is 0 Å². The summed E-state index contributed by atoms with van der Waals surface area (Å²) >= 11 is 0. The lowest BCUT2D eigenvalue weighted by molar-refractivity contribution is 0.443. The van der Waals surface area contributed by atoms with Gasteiger partial charge in [0.2, 0.25) is 0 Å². The summed E-state index contributed by atoms with van der Waals surface area (Å²) in [5.41, 5.74) is 0. The van der Waals surface area contributed by atoms with Crippen molar-refractivity contribution in [2.75, 3.05) is 12.8 Å². The molecule has 1 saturated heterocycles. The highest BCUT2D eigenvalue weighted by molar-refractivity contribution is 7.91. The maximum Gasteiger partial charge on any atom is 0.164 e. The fraction of sp³-hybridized carbons (Fsp3) is 1.00. The van der Waals surface area contributed by atoms with Crippen molar-refractivity contribution < 1.29 is 8.42 Å². The van der Waals surface area contributed by atoms with E-state index in [1.807, 2.05) is 18.7 Å². The minimum absolute atomic E-state index is 0.188. The molecular formula is C6H13NO2S. The van der Waals surface area contributed by atoms with Crippen molar-refractivity contribution in [1.29, 1.82) is 0 Å². The van der Waals surface area contributed by atoms with Crippen LogP contribution in [0.3, 0.4) is 0 Å². The molecule has 2 unspecified atom stereocenters. The largest absolute Gasteiger partial charge is 0.281 e. The van der Waals surface area contributed by atoms with Gasteiger partial charge in [0.15, 0.2) is 9.84 Å². The Labute approximate surface area is 61.9 Å². The summed E-state index contributed by atoms with van der Waals surface area (Å²) in [6.45, 7) is 4.73. The van der Waals surface area contributed by atoms with Gasteiger partial charge in [-0.3, -0.25) is 4.90 Å². The maximum absolute atomic E-state index is 10.9. The second kappa shape index (κ2) is 2.20. The van der Waals surface area contributed by atoms with Crippen LogP contribution in [0.5, 0.6) is 0 Å². The van der Waals surface area contributed by atoms with Gasteiger partial charge in [0.05, 0.1) is 0 Å². The standard InChI is InChI=1S/C6H13NO2S/c1-5(2)7-4-6(7)10(3,8)9/h5-6H,4H2,1-3H3. The second-order valence-electron chi connectivity index (χ2n) is 3.07. The number of hydrogen-bond acceptors (Lipinski definition) is 3. The van der Waals surface area contributed by atoms with Gasteiger partial charge in [0.25, 0.3) is 0 Å². The van der Waals surface area contributed by atoms with Crippen LogP contribution in [0.1, 0.15) is 13.8 Å². The predicted octanol–water partition coefficient (Wildman–Crippen LogP) is 0.0811. The smallest absolute Gasteiger partial charge is 0.164 e. The van der Waals surface area contributed by atoms with E-state index in [0.29, 0.717) is 6.04 Å². The lowest BCUT2D eigenvalue weighted by Gasteiger charge is -2.04. The van der Waals surface area contributed by atoms with E-state index in [2.05, 4.69) is 0 Å². The molecule has 0 N–H and O–H groups in total. The fourth-order valence-corrected chi connectivity index (χ4v) is 2.24. The molecule has 0 spiro atoms. The first-order valence-electron chi connectivity index (χ1n) is 3.37. The number of nitrogens with zero attached hydrogens (tertiary/aromatic N) is 1. The van der Waals surface area contributed by atoms with E-state index < -0.39 is 9.84 Å². The van der Waals surface area contributed by atoms with Crippen LogP contribution in [0.25, 0.3) is 0 Å². The Morgan fingerprint density at radius 2 is 2.00 bits per heavy atom. The average molecular weight is 163 g/mol. The Morgan fingerprint density at radius 1 is 1.50 bits per heavy atom. The van der Waals surface area contributed by atoms with E-state index >= 15 is 0 Å². The van der Waals surface area contributed by atoms with Crippen LogP contribution < -0.4 is 0 Å². The van der Waals surface area contributed by atoms with E-state index in [-0.39, 0.29) is 5.37 Å². The zero-order chi connectivity index (χ0) is 7.94. The van der Waals surface area contributed by atoms with Crippen LogP contribution in [-0.4, -0.2) is 37.5 Å². The summed E-state index contributed by atoms with van der Waals surface area (Å²) in [7, 11) is -2.80. The lowest BCUT2D eigenvalue weighted by Crippen LogP contribution is -2.17. The van der Waals surface area contributed by atoms with E-state index in [1.165, 1.54) is 6.26 Å². The van der Waals surface area contributed by atoms with Crippen molar-refractivity contribution in [1.82, 2.24) is 4.90 Å². The Kier molecular flexibility index (Phi) is 1.76. The zero-order valence-corrected chi connectivity index (χ0v) is 7.35. The predicted molar refractivity (Wildman–Crippen MR) is 40.5 cm³/mol. The Balaban J connectivity index is 2.55. The van der Waals surface area contributed by atoms with Crippen LogP contribution in [-0.2, 0) is 9.84 Å². The van der Waals surface area contributed by atoms with E-state index in [1.54, 1.807) is 0 Å². The molecule has 1 heterocycles. The zero-order valence-electron chi connectivity index (χ0n) is 6.53. The molecule has 1 aliphatic rings. The molecule has 60 valence electrons. The lowest BCUT2D eigenvalue weighted by atomic mass is 10.4. The molecule has 0 saturated carbocycles. The number of rotatable bonds is 2. The van der Waals surface area contributed by atoms with Gasteiger partial charge < -0.3 is 0 Å². The topological polar surface area (TPSA) is 37.1 Å². The fourth-order valence-electron chi connectivity index (χ4n) is 1.06. The van der Waals surface area contributed by atoms with Crippen molar-refractivity contribution in [3.8, 4) is 0 Å². The number of hydrogen-bond donors (Lipinski definition) is 0. The molecule has 0 aromatic rings. The van der Waals surface area contributed by atoms with Gasteiger partial charge in [-0.15, -0.1) is 0 Å². The van der Waals surface area contributed by atoms with Gasteiger partial charge in [-0.2, -0.15) is 0 Å². The highest BCUT2D eigenvalue weighted by Gasteiger charge is 2.43. The molecule has 3 nitrogen and oxygen atoms in total. The molecule has 0 amide bonds. The van der Waals surface area contributed by atoms with E-state index in [4.69, 9.17) is 0 Å². The molecule has 0 aromatic carbocycles. The highest BCUT2D eigenvalue weighted by atomic mass is 32.2. The van der Waals surface area contributed by atoms with Crippen molar-refractivity contribution in [2.45, 2.75) is 25.3 Å². The summed E-state index contributed by atoms with van der Waals surface area (Å²) in [6.07, 6.45) is 1.29. The summed E-state index contributed by atoms with van der Waals surface area (Å²) in [6, 6.07) is 0.361. The number of sulfone groups is 1. The van der Waals surface area contributed by atoms with Gasteiger partial charge >= 0.3 is 0 Å². The van der Waals surface area contributed by atoms with Gasteiger partial charge in [0.1, 0.15) is 5.37 Å². The van der Waals surface area contributed by atoms with E-state index in [9.17, 15) is 8.42 Å². The summed E-state index contributed by atoms with van der Waals surface area (Å²) in [5.74, 6) is 0. The van der Waals surface area contributed by atoms with Gasteiger partial charge in [-0.25, -0.2) is 8.42 Å². The molecule has 0 aromatic heterocycles. The van der Waals surface area contributed by atoms with Crippen molar-refractivity contribution in [3.63, 3.8) is 0 Å². The molecule has 1 fully saturated rings. The minimum Gasteiger partial charge on any atom is -0.281 e. The third-order valence-corrected chi connectivity index (χ3v) is 3.17. The molecule has 4 heteroatoms.